The fraction of sp³-hybridized carbons (Fsp3) is 0.429. The Hall–Kier alpha value is -1.30. The van der Waals surface area contributed by atoms with Crippen molar-refractivity contribution in [2.24, 2.45) is 0 Å². The third-order valence-electron chi connectivity index (χ3n) is 2.58. The van der Waals surface area contributed by atoms with Gasteiger partial charge in [-0.2, -0.15) is 0 Å². The summed E-state index contributed by atoms with van der Waals surface area (Å²) in [6.45, 7) is 4.17. The van der Waals surface area contributed by atoms with E-state index in [1.54, 1.807) is 25.2 Å². The third-order valence-corrected chi connectivity index (χ3v) is 3.14. The first-order valence-electron chi connectivity index (χ1n) is 6.63. The summed E-state index contributed by atoms with van der Waals surface area (Å²) >= 11 is 11.8. The molecule has 0 fully saturated rings. The molecule has 0 aliphatic rings. The van der Waals surface area contributed by atoms with Gasteiger partial charge in [-0.25, -0.2) is 0 Å². The summed E-state index contributed by atoms with van der Waals surface area (Å²) in [6, 6.07) is 4.94. The lowest BCUT2D eigenvalue weighted by molar-refractivity contribution is -0.862. The second kappa shape index (κ2) is 8.22. The van der Waals surface area contributed by atoms with Crippen molar-refractivity contribution in [2.45, 2.75) is 19.9 Å². The van der Waals surface area contributed by atoms with Gasteiger partial charge in [0.05, 0.1) is 17.8 Å². The van der Waals surface area contributed by atoms with Gasteiger partial charge in [-0.1, -0.05) is 23.2 Å². The van der Waals surface area contributed by atoms with E-state index >= 15 is 0 Å². The molecule has 0 heterocycles. The zero-order chi connectivity index (χ0) is 16.0. The Kier molecular flexibility index (Phi) is 6.95. The molecule has 0 bridgehead atoms. The van der Waals surface area contributed by atoms with Crippen molar-refractivity contribution in [1.29, 1.82) is 0 Å². The van der Waals surface area contributed by atoms with Crippen molar-refractivity contribution >= 4 is 40.7 Å². The number of halogens is 2. The molecule has 3 N–H and O–H groups in total. The molecule has 0 aliphatic carbocycles. The van der Waals surface area contributed by atoms with Gasteiger partial charge in [0.2, 0.25) is 0 Å². The average molecular weight is 333 g/mol. The lowest BCUT2D eigenvalue weighted by Gasteiger charge is -2.15. The van der Waals surface area contributed by atoms with E-state index in [0.29, 0.717) is 15.7 Å². The first-order valence-corrected chi connectivity index (χ1v) is 7.39. The highest BCUT2D eigenvalue weighted by atomic mass is 35.5. The Morgan fingerprint density at radius 1 is 1.19 bits per heavy atom. The summed E-state index contributed by atoms with van der Waals surface area (Å²) in [4.78, 5) is 24.3. The van der Waals surface area contributed by atoms with Gasteiger partial charge >= 0.3 is 0 Å². The zero-order valence-electron chi connectivity index (χ0n) is 12.3. The molecule has 0 spiro atoms. The number of hydrogen-bond acceptors (Lipinski definition) is 2. The molecular weight excluding hydrogens is 313 g/mol. The van der Waals surface area contributed by atoms with Gasteiger partial charge in [0.1, 0.15) is 0 Å². The molecule has 0 aromatic heterocycles. The SMILES string of the molecule is CC(C)NC(=O)C[NH+](C)CC(=O)Nc1cc(Cl)ccc1Cl. The molecule has 0 saturated carbocycles. The molecular formula is C14H20Cl2N3O2+. The van der Waals surface area contributed by atoms with Crippen molar-refractivity contribution in [1.82, 2.24) is 5.32 Å². The molecule has 0 radical (unpaired) electrons. The number of amides is 2. The highest BCUT2D eigenvalue weighted by Crippen LogP contribution is 2.25. The first-order chi connectivity index (χ1) is 9.77. The first kappa shape index (κ1) is 17.8. The van der Waals surface area contributed by atoms with Crippen molar-refractivity contribution in [3.63, 3.8) is 0 Å². The Balaban J connectivity index is 2.49. The van der Waals surface area contributed by atoms with Crippen LogP contribution in [0.5, 0.6) is 0 Å². The van der Waals surface area contributed by atoms with Crippen molar-refractivity contribution in [2.75, 3.05) is 25.5 Å². The molecule has 0 aliphatic heterocycles. The van der Waals surface area contributed by atoms with Crippen molar-refractivity contribution in [3.05, 3.63) is 28.2 Å². The van der Waals surface area contributed by atoms with Crippen LogP contribution in [-0.2, 0) is 9.59 Å². The maximum atomic E-state index is 11.9. The predicted octanol–water partition coefficient (Wildman–Crippen LogP) is 0.971. The van der Waals surface area contributed by atoms with E-state index in [1.165, 1.54) is 0 Å². The zero-order valence-corrected chi connectivity index (χ0v) is 13.8. The molecule has 1 aromatic rings. The minimum absolute atomic E-state index is 0.0870. The van der Waals surface area contributed by atoms with E-state index in [2.05, 4.69) is 10.6 Å². The summed E-state index contributed by atoms with van der Waals surface area (Å²) in [5.74, 6) is -0.315. The number of nitrogens with one attached hydrogen (secondary N) is 3. The smallest absolute Gasteiger partial charge is 0.279 e. The van der Waals surface area contributed by atoms with Gasteiger partial charge in [-0.3, -0.25) is 9.59 Å². The lowest BCUT2D eigenvalue weighted by Crippen LogP contribution is -3.11. The number of likely N-dealkylation sites (N-methyl/N-ethyl adjacent to an activating group) is 1. The monoisotopic (exact) mass is 332 g/mol. The highest BCUT2D eigenvalue weighted by Gasteiger charge is 2.15. The molecule has 1 rings (SSSR count). The van der Waals surface area contributed by atoms with Crippen LogP contribution in [-0.4, -0.2) is 38.0 Å². The number of carbonyl (C=O) groups excluding carboxylic acids is 2. The second-order valence-corrected chi connectivity index (χ2v) is 6.05. The Morgan fingerprint density at radius 2 is 1.81 bits per heavy atom. The molecule has 1 aromatic carbocycles. The summed E-state index contributed by atoms with van der Waals surface area (Å²) in [5.41, 5.74) is 0.466. The minimum Gasteiger partial charge on any atom is -0.349 e. The maximum absolute atomic E-state index is 11.9. The molecule has 2 amide bonds. The van der Waals surface area contributed by atoms with E-state index in [4.69, 9.17) is 23.2 Å². The fourth-order valence-electron chi connectivity index (χ4n) is 1.77. The van der Waals surface area contributed by atoms with E-state index in [-0.39, 0.29) is 30.9 Å². The molecule has 21 heavy (non-hydrogen) atoms. The van der Waals surface area contributed by atoms with Gasteiger partial charge < -0.3 is 15.5 Å². The van der Waals surface area contributed by atoms with Crippen molar-refractivity contribution < 1.29 is 14.5 Å². The summed E-state index contributed by atoms with van der Waals surface area (Å²) in [5, 5.41) is 6.38. The highest BCUT2D eigenvalue weighted by molar-refractivity contribution is 6.35. The quantitative estimate of drug-likeness (QED) is 0.727. The number of quaternary nitrogens is 1. The normalized spacial score (nSPS) is 12.1. The summed E-state index contributed by atoms with van der Waals surface area (Å²) < 4.78 is 0. The molecule has 116 valence electrons. The Bertz CT molecular complexity index is 521. The molecule has 1 atom stereocenters. The summed E-state index contributed by atoms with van der Waals surface area (Å²) in [6.07, 6.45) is 0. The van der Waals surface area contributed by atoms with Gasteiger partial charge in [-0.15, -0.1) is 0 Å². The topological polar surface area (TPSA) is 62.6 Å². The standard InChI is InChI=1S/C14H19Cl2N3O2/c1-9(2)17-13(20)7-19(3)8-14(21)18-12-6-10(15)4-5-11(12)16/h4-6,9H,7-8H2,1-3H3,(H,17,20)(H,18,21)/p+1. The number of benzene rings is 1. The molecule has 5 nitrogen and oxygen atoms in total. The largest absolute Gasteiger partial charge is 0.349 e. The van der Waals surface area contributed by atoms with E-state index < -0.39 is 0 Å². The number of anilines is 1. The van der Waals surface area contributed by atoms with Gasteiger partial charge in [-0.05, 0) is 32.0 Å². The molecule has 7 heteroatoms. The van der Waals surface area contributed by atoms with Crippen LogP contribution in [0.25, 0.3) is 0 Å². The van der Waals surface area contributed by atoms with E-state index in [0.717, 1.165) is 4.90 Å². The van der Waals surface area contributed by atoms with Crippen LogP contribution >= 0.6 is 23.2 Å². The van der Waals surface area contributed by atoms with Gasteiger partial charge in [0.15, 0.2) is 13.1 Å². The fourth-order valence-corrected chi connectivity index (χ4v) is 2.11. The van der Waals surface area contributed by atoms with E-state index in [1.807, 2.05) is 13.8 Å². The van der Waals surface area contributed by atoms with Crippen molar-refractivity contribution in [3.8, 4) is 0 Å². The molecule has 1 unspecified atom stereocenters. The second-order valence-electron chi connectivity index (χ2n) is 5.21. The summed E-state index contributed by atoms with van der Waals surface area (Å²) in [7, 11) is 1.78. The van der Waals surface area contributed by atoms with Crippen LogP contribution in [0.4, 0.5) is 5.69 Å². The van der Waals surface area contributed by atoms with Gasteiger partial charge in [0, 0.05) is 11.1 Å². The number of rotatable bonds is 6. The van der Waals surface area contributed by atoms with E-state index in [9.17, 15) is 9.59 Å². The van der Waals surface area contributed by atoms with Crippen LogP contribution < -0.4 is 15.5 Å². The molecule has 0 saturated heterocycles. The minimum atomic E-state index is -0.228. The number of hydrogen-bond donors (Lipinski definition) is 3. The van der Waals surface area contributed by atoms with Gasteiger partial charge in [0.25, 0.3) is 11.8 Å². The third kappa shape index (κ3) is 6.80. The Morgan fingerprint density at radius 3 is 2.43 bits per heavy atom. The average Bonchev–Trinajstić information content (AvgIpc) is 2.32. The van der Waals surface area contributed by atoms with Crippen LogP contribution in [0.1, 0.15) is 13.8 Å². The van der Waals surface area contributed by atoms with Crippen LogP contribution in [0, 0.1) is 0 Å². The van der Waals surface area contributed by atoms with Crippen LogP contribution in [0.3, 0.4) is 0 Å². The Labute approximate surface area is 134 Å². The lowest BCUT2D eigenvalue weighted by atomic mass is 10.3. The maximum Gasteiger partial charge on any atom is 0.279 e. The predicted molar refractivity (Wildman–Crippen MR) is 85.0 cm³/mol. The van der Waals surface area contributed by atoms with Crippen LogP contribution in [0.2, 0.25) is 10.0 Å². The number of carbonyl (C=O) groups is 2. The van der Waals surface area contributed by atoms with Crippen LogP contribution in [0.15, 0.2) is 18.2 Å².